The van der Waals surface area contributed by atoms with Crippen molar-refractivity contribution in [3.05, 3.63) is 77.1 Å². The number of nitrogens with zero attached hydrogens (tertiary/aromatic N) is 3. The summed E-state index contributed by atoms with van der Waals surface area (Å²) in [5.74, 6) is 1.15. The molecule has 4 aromatic rings. The van der Waals surface area contributed by atoms with Gasteiger partial charge in [0.15, 0.2) is 5.82 Å². The van der Waals surface area contributed by atoms with Gasteiger partial charge in [-0.05, 0) is 29.7 Å². The number of nitrogens with one attached hydrogen (secondary N) is 3. The van der Waals surface area contributed by atoms with E-state index in [9.17, 15) is 0 Å². The van der Waals surface area contributed by atoms with Gasteiger partial charge in [-0.2, -0.15) is 10.1 Å². The van der Waals surface area contributed by atoms with Crippen molar-refractivity contribution in [2.24, 2.45) is 0 Å². The molecule has 0 aliphatic rings. The third-order valence-corrected chi connectivity index (χ3v) is 4.70. The molecule has 0 aliphatic carbocycles. The van der Waals surface area contributed by atoms with E-state index in [-0.39, 0.29) is 0 Å². The maximum Gasteiger partial charge on any atom is 0.244 e. The zero-order valence-electron chi connectivity index (χ0n) is 14.6. The Balaban J connectivity index is 1.34. The van der Waals surface area contributed by atoms with E-state index in [4.69, 9.17) is 11.6 Å². The van der Waals surface area contributed by atoms with Crippen LogP contribution in [0.2, 0.25) is 5.02 Å². The van der Waals surface area contributed by atoms with Crippen LogP contribution < -0.4 is 10.6 Å². The van der Waals surface area contributed by atoms with Crippen molar-refractivity contribution in [3.8, 4) is 0 Å². The number of H-pyrrole nitrogens is 1. The fourth-order valence-corrected chi connectivity index (χ4v) is 3.14. The minimum Gasteiger partial charge on any atom is -0.364 e. The van der Waals surface area contributed by atoms with E-state index in [1.165, 1.54) is 10.9 Å². The molecule has 4 rings (SSSR count). The Hall–Kier alpha value is -3.12. The third kappa shape index (κ3) is 4.17. The average molecular weight is 379 g/mol. The van der Waals surface area contributed by atoms with Crippen LogP contribution in [0.1, 0.15) is 11.1 Å². The van der Waals surface area contributed by atoms with Crippen LogP contribution in [0.4, 0.5) is 11.8 Å². The molecule has 3 N–H and O–H groups in total. The zero-order valence-corrected chi connectivity index (χ0v) is 15.4. The molecule has 0 spiro atoms. The summed E-state index contributed by atoms with van der Waals surface area (Å²) in [6.07, 6.45) is 4.51. The van der Waals surface area contributed by atoms with Crippen LogP contribution in [0.5, 0.6) is 0 Å². The van der Waals surface area contributed by atoms with Crippen molar-refractivity contribution in [2.45, 2.75) is 13.0 Å². The van der Waals surface area contributed by atoms with Crippen molar-refractivity contribution in [3.63, 3.8) is 0 Å². The molecule has 0 amide bonds. The Morgan fingerprint density at radius 1 is 0.963 bits per heavy atom. The molecule has 0 bridgehead atoms. The lowest BCUT2D eigenvalue weighted by atomic mass is 10.1. The fraction of sp³-hybridized carbons (Fsp3) is 0.150. The molecular weight excluding hydrogens is 360 g/mol. The summed E-state index contributed by atoms with van der Waals surface area (Å²) in [6, 6.07) is 16.0. The number of aromatic nitrogens is 4. The molecule has 2 aromatic carbocycles. The Morgan fingerprint density at radius 3 is 2.74 bits per heavy atom. The van der Waals surface area contributed by atoms with Crippen LogP contribution >= 0.6 is 11.6 Å². The first-order valence-electron chi connectivity index (χ1n) is 8.75. The van der Waals surface area contributed by atoms with Crippen LogP contribution in [0.25, 0.3) is 10.9 Å². The highest BCUT2D eigenvalue weighted by Crippen LogP contribution is 2.18. The van der Waals surface area contributed by atoms with Gasteiger partial charge >= 0.3 is 0 Å². The molecule has 0 aliphatic heterocycles. The Labute approximate surface area is 162 Å². The van der Waals surface area contributed by atoms with Gasteiger partial charge in [0.25, 0.3) is 0 Å². The van der Waals surface area contributed by atoms with E-state index in [2.05, 4.69) is 42.9 Å². The molecule has 2 aromatic heterocycles. The minimum atomic E-state index is 0.499. The number of rotatable bonds is 7. The molecule has 0 fully saturated rings. The molecule has 6 nitrogen and oxygen atoms in total. The van der Waals surface area contributed by atoms with Crippen molar-refractivity contribution >= 4 is 34.3 Å². The third-order valence-electron chi connectivity index (χ3n) is 4.33. The van der Waals surface area contributed by atoms with Gasteiger partial charge in [0, 0.05) is 35.2 Å². The molecule has 136 valence electrons. The fourth-order valence-electron chi connectivity index (χ4n) is 2.94. The van der Waals surface area contributed by atoms with Crippen LogP contribution in [0, 0.1) is 0 Å². The Bertz CT molecular complexity index is 1050. The van der Waals surface area contributed by atoms with E-state index in [0.29, 0.717) is 18.3 Å². The lowest BCUT2D eigenvalue weighted by molar-refractivity contribution is 0.923. The summed E-state index contributed by atoms with van der Waals surface area (Å²) in [7, 11) is 0. The summed E-state index contributed by atoms with van der Waals surface area (Å²) in [5, 5.41) is 16.5. The summed E-state index contributed by atoms with van der Waals surface area (Å²) in [5.41, 5.74) is 3.42. The molecule has 0 atom stereocenters. The van der Waals surface area contributed by atoms with E-state index in [0.717, 1.165) is 29.1 Å². The van der Waals surface area contributed by atoms with Crippen LogP contribution in [-0.2, 0) is 13.0 Å². The number of halogens is 1. The van der Waals surface area contributed by atoms with Gasteiger partial charge in [-0.25, -0.2) is 0 Å². The topological polar surface area (TPSA) is 78.5 Å². The first-order chi connectivity index (χ1) is 13.3. The number of benzene rings is 2. The SMILES string of the molecule is Clc1ccccc1CNc1cnnc(NCCc2c[nH]c3ccccc23)n1. The largest absolute Gasteiger partial charge is 0.364 e. The van der Waals surface area contributed by atoms with Gasteiger partial charge in [0.1, 0.15) is 0 Å². The molecule has 27 heavy (non-hydrogen) atoms. The molecule has 2 heterocycles. The summed E-state index contributed by atoms with van der Waals surface area (Å²) in [6.45, 7) is 1.30. The molecule has 0 saturated heterocycles. The zero-order chi connectivity index (χ0) is 18.5. The van der Waals surface area contributed by atoms with Gasteiger partial charge in [0.2, 0.25) is 5.95 Å². The highest BCUT2D eigenvalue weighted by molar-refractivity contribution is 6.31. The standard InChI is InChI=1S/C20H19ClN6/c21-17-7-3-1-5-15(17)12-24-19-13-25-27-20(26-19)22-10-9-14-11-23-18-8-4-2-6-16(14)18/h1-8,11,13,23H,9-10,12H2,(H2,22,24,26,27). The minimum absolute atomic E-state index is 0.499. The van der Waals surface area contributed by atoms with E-state index >= 15 is 0 Å². The van der Waals surface area contributed by atoms with Crippen LogP contribution in [0.15, 0.2) is 60.9 Å². The van der Waals surface area contributed by atoms with Crippen molar-refractivity contribution < 1.29 is 0 Å². The number of fused-ring (bicyclic) bond motifs is 1. The van der Waals surface area contributed by atoms with Gasteiger partial charge in [-0.15, -0.1) is 5.10 Å². The second-order valence-corrected chi connectivity index (χ2v) is 6.55. The molecule has 0 radical (unpaired) electrons. The Kier molecular flexibility index (Phi) is 5.16. The summed E-state index contributed by atoms with van der Waals surface area (Å²) < 4.78 is 0. The van der Waals surface area contributed by atoms with Gasteiger partial charge in [-0.1, -0.05) is 48.0 Å². The van der Waals surface area contributed by atoms with E-state index in [1.54, 1.807) is 6.20 Å². The highest BCUT2D eigenvalue weighted by Gasteiger charge is 2.05. The van der Waals surface area contributed by atoms with Crippen molar-refractivity contribution in [1.29, 1.82) is 0 Å². The number of anilines is 2. The second-order valence-electron chi connectivity index (χ2n) is 6.15. The quantitative estimate of drug-likeness (QED) is 0.447. The summed E-state index contributed by atoms with van der Waals surface area (Å²) in [4.78, 5) is 7.74. The second kappa shape index (κ2) is 8.05. The van der Waals surface area contributed by atoms with E-state index in [1.807, 2.05) is 42.6 Å². The molecule has 7 heteroatoms. The smallest absolute Gasteiger partial charge is 0.244 e. The molecular formula is C20H19ClN6. The molecule has 0 saturated carbocycles. The Morgan fingerprint density at radius 2 is 1.81 bits per heavy atom. The van der Waals surface area contributed by atoms with Gasteiger partial charge < -0.3 is 15.6 Å². The predicted octanol–water partition coefficient (Wildman–Crippen LogP) is 4.27. The molecule has 0 unspecified atom stereocenters. The number of hydrogen-bond acceptors (Lipinski definition) is 5. The highest BCUT2D eigenvalue weighted by atomic mass is 35.5. The number of hydrogen-bond donors (Lipinski definition) is 3. The first kappa shape index (κ1) is 17.3. The normalized spacial score (nSPS) is 10.9. The van der Waals surface area contributed by atoms with Gasteiger partial charge in [0.05, 0.1) is 6.20 Å². The maximum absolute atomic E-state index is 6.18. The average Bonchev–Trinajstić information content (AvgIpc) is 3.11. The summed E-state index contributed by atoms with van der Waals surface area (Å²) >= 11 is 6.18. The van der Waals surface area contributed by atoms with Crippen molar-refractivity contribution in [2.75, 3.05) is 17.2 Å². The van der Waals surface area contributed by atoms with E-state index < -0.39 is 0 Å². The first-order valence-corrected chi connectivity index (χ1v) is 9.13. The lowest BCUT2D eigenvalue weighted by Gasteiger charge is -2.08. The van der Waals surface area contributed by atoms with Crippen LogP contribution in [-0.4, -0.2) is 26.7 Å². The van der Waals surface area contributed by atoms with Crippen LogP contribution in [0.3, 0.4) is 0 Å². The number of aromatic amines is 1. The van der Waals surface area contributed by atoms with Gasteiger partial charge in [-0.3, -0.25) is 0 Å². The predicted molar refractivity (Wildman–Crippen MR) is 109 cm³/mol. The monoisotopic (exact) mass is 378 g/mol. The lowest BCUT2D eigenvalue weighted by Crippen LogP contribution is -2.10. The number of para-hydroxylation sites is 1. The maximum atomic E-state index is 6.18. The van der Waals surface area contributed by atoms with Crippen molar-refractivity contribution in [1.82, 2.24) is 20.2 Å².